The molecule has 0 radical (unpaired) electrons. The van der Waals surface area contributed by atoms with Crippen LogP contribution < -0.4 is 5.32 Å². The van der Waals surface area contributed by atoms with Crippen LogP contribution in [0.3, 0.4) is 0 Å². The second-order valence-electron chi connectivity index (χ2n) is 3.24. The smallest absolute Gasteiger partial charge is 0.396 e. The van der Waals surface area contributed by atoms with Crippen molar-refractivity contribution in [2.45, 2.75) is 20.8 Å². The van der Waals surface area contributed by atoms with Gasteiger partial charge in [0, 0.05) is 12.3 Å². The number of hydrogen-bond donors (Lipinski definition) is 1. The summed E-state index contributed by atoms with van der Waals surface area (Å²) in [7, 11) is 0. The Bertz CT molecular complexity index is 433. The molecule has 98 valence electrons. The molecular formula is C12H16N2O4. The van der Waals surface area contributed by atoms with Gasteiger partial charge in [0.15, 0.2) is 5.76 Å². The zero-order chi connectivity index (χ0) is 14.1. The van der Waals surface area contributed by atoms with E-state index in [1.165, 1.54) is 13.0 Å². The molecule has 6 nitrogen and oxygen atoms in total. The topological polar surface area (TPSA) is 81.5 Å². The third kappa shape index (κ3) is 5.64. The van der Waals surface area contributed by atoms with Crippen molar-refractivity contribution in [2.24, 2.45) is 0 Å². The molecule has 0 fully saturated rings. The van der Waals surface area contributed by atoms with Crippen molar-refractivity contribution in [2.75, 3.05) is 0 Å². The molecule has 0 aliphatic carbocycles. The van der Waals surface area contributed by atoms with Crippen molar-refractivity contribution < 1.29 is 14.5 Å². The number of hydrogen-bond acceptors (Lipinski definition) is 4. The highest BCUT2D eigenvalue weighted by Crippen LogP contribution is 2.06. The van der Waals surface area contributed by atoms with Gasteiger partial charge in [-0.3, -0.25) is 14.9 Å². The van der Waals surface area contributed by atoms with Gasteiger partial charge in [0.05, 0.1) is 0 Å². The molecule has 18 heavy (non-hydrogen) atoms. The number of amides is 1. The number of nitrogens with one attached hydrogen (secondary N) is 1. The molecule has 1 amide bonds. The van der Waals surface area contributed by atoms with Gasteiger partial charge < -0.3 is 10.1 Å². The molecule has 0 aromatic rings. The number of allylic oxidation sites excluding steroid dienone is 5. The van der Waals surface area contributed by atoms with Crippen molar-refractivity contribution in [1.29, 1.82) is 0 Å². The van der Waals surface area contributed by atoms with Crippen LogP contribution in [0.4, 0.5) is 0 Å². The first-order valence-corrected chi connectivity index (χ1v) is 5.20. The van der Waals surface area contributed by atoms with Crippen molar-refractivity contribution in [3.8, 4) is 0 Å². The van der Waals surface area contributed by atoms with Crippen LogP contribution in [-0.2, 0) is 9.53 Å². The largest absolute Gasteiger partial charge is 0.426 e. The summed E-state index contributed by atoms with van der Waals surface area (Å²) in [4.78, 5) is 21.2. The summed E-state index contributed by atoms with van der Waals surface area (Å²) in [5, 5.41) is 12.9. The summed E-state index contributed by atoms with van der Waals surface area (Å²) in [6, 6.07) is 0. The van der Waals surface area contributed by atoms with E-state index in [2.05, 4.69) is 11.9 Å². The van der Waals surface area contributed by atoms with Crippen molar-refractivity contribution in [1.82, 2.24) is 5.32 Å². The van der Waals surface area contributed by atoms with Gasteiger partial charge in [-0.15, -0.1) is 0 Å². The number of rotatable bonds is 6. The fourth-order valence-electron chi connectivity index (χ4n) is 0.923. The van der Waals surface area contributed by atoms with Crippen molar-refractivity contribution in [3.05, 3.63) is 58.3 Å². The first kappa shape index (κ1) is 15.6. The van der Waals surface area contributed by atoms with Crippen molar-refractivity contribution in [3.63, 3.8) is 0 Å². The Morgan fingerprint density at radius 3 is 2.50 bits per heavy atom. The van der Waals surface area contributed by atoms with Crippen LogP contribution in [0.25, 0.3) is 0 Å². The maximum absolute atomic E-state index is 11.7. The molecule has 0 aromatic heterocycles. The highest BCUT2D eigenvalue weighted by molar-refractivity contribution is 5.92. The van der Waals surface area contributed by atoms with E-state index in [1.54, 1.807) is 25.2 Å². The summed E-state index contributed by atoms with van der Waals surface area (Å²) in [6.45, 7) is 8.15. The summed E-state index contributed by atoms with van der Waals surface area (Å²) >= 11 is 0. The number of ether oxygens (including phenoxy) is 1. The van der Waals surface area contributed by atoms with Crippen LogP contribution in [0.5, 0.6) is 0 Å². The van der Waals surface area contributed by atoms with Crippen LogP contribution in [-0.4, -0.2) is 10.8 Å². The Morgan fingerprint density at radius 2 is 2.06 bits per heavy atom. The molecule has 0 saturated heterocycles. The van der Waals surface area contributed by atoms with Crippen molar-refractivity contribution >= 4 is 5.91 Å². The predicted octanol–water partition coefficient (Wildman–Crippen LogP) is 2.25. The second kappa shape index (κ2) is 7.83. The molecule has 0 unspecified atom stereocenters. The minimum atomic E-state index is -0.806. The molecule has 0 spiro atoms. The van der Waals surface area contributed by atoms with Gasteiger partial charge in [-0.25, -0.2) is 0 Å². The summed E-state index contributed by atoms with van der Waals surface area (Å²) in [5.74, 6) is -1.45. The minimum absolute atomic E-state index is 0.176. The van der Waals surface area contributed by atoms with Gasteiger partial charge in [-0.05, 0) is 32.9 Å². The Kier molecular flexibility index (Phi) is 6.80. The third-order valence-corrected chi connectivity index (χ3v) is 1.77. The van der Waals surface area contributed by atoms with Gasteiger partial charge in [0.2, 0.25) is 0 Å². The average Bonchev–Trinajstić information content (AvgIpc) is 2.32. The summed E-state index contributed by atoms with van der Waals surface area (Å²) in [5.41, 5.74) is 0.591. The van der Waals surface area contributed by atoms with E-state index < -0.39 is 16.7 Å². The fraction of sp³-hybridized carbons (Fsp3) is 0.250. The lowest BCUT2D eigenvalue weighted by Crippen LogP contribution is -2.24. The predicted molar refractivity (Wildman–Crippen MR) is 67.7 cm³/mol. The van der Waals surface area contributed by atoms with E-state index in [0.29, 0.717) is 5.70 Å². The molecule has 6 heteroatoms. The van der Waals surface area contributed by atoms with Gasteiger partial charge in [-0.2, -0.15) is 0 Å². The normalized spacial score (nSPS) is 12.4. The molecule has 0 atom stereocenters. The summed E-state index contributed by atoms with van der Waals surface area (Å²) < 4.78 is 4.74. The van der Waals surface area contributed by atoms with Crippen LogP contribution in [0.1, 0.15) is 20.8 Å². The van der Waals surface area contributed by atoms with E-state index in [4.69, 9.17) is 4.74 Å². The van der Waals surface area contributed by atoms with E-state index in [0.717, 1.165) is 0 Å². The lowest BCUT2D eigenvalue weighted by Gasteiger charge is -2.07. The number of nitro groups is 1. The lowest BCUT2D eigenvalue weighted by atomic mass is 10.3. The van der Waals surface area contributed by atoms with Crippen LogP contribution in [0.2, 0.25) is 0 Å². The SMILES string of the molecule is C=C(O/C(=C\C)C(=O)N/C(C)=C/C=C\C)[N+](=O)[O-]. The minimum Gasteiger partial charge on any atom is -0.396 e. The van der Waals surface area contributed by atoms with Crippen LogP contribution in [0.15, 0.2) is 48.2 Å². The molecule has 1 N–H and O–H groups in total. The molecule has 0 aliphatic heterocycles. The monoisotopic (exact) mass is 252 g/mol. The number of carbonyl (C=O) groups excluding carboxylic acids is 1. The molecule has 0 aromatic carbocycles. The third-order valence-electron chi connectivity index (χ3n) is 1.77. The Hall–Kier alpha value is -2.37. The van der Waals surface area contributed by atoms with E-state index >= 15 is 0 Å². The van der Waals surface area contributed by atoms with E-state index in [9.17, 15) is 14.9 Å². The highest BCUT2D eigenvalue weighted by Gasteiger charge is 2.17. The molecular weight excluding hydrogens is 236 g/mol. The first-order chi connectivity index (χ1) is 8.42. The zero-order valence-corrected chi connectivity index (χ0v) is 10.6. The molecule has 0 bridgehead atoms. The molecule has 0 saturated carbocycles. The Morgan fingerprint density at radius 1 is 1.44 bits per heavy atom. The van der Waals surface area contributed by atoms with Crippen LogP contribution in [0, 0.1) is 10.1 Å². The Labute approximate surface area is 105 Å². The molecule has 0 rings (SSSR count). The number of nitrogens with zero attached hydrogens (tertiary/aromatic N) is 1. The second-order valence-corrected chi connectivity index (χ2v) is 3.24. The van der Waals surface area contributed by atoms with Gasteiger partial charge in [0.25, 0.3) is 5.91 Å². The average molecular weight is 252 g/mol. The van der Waals surface area contributed by atoms with E-state index in [-0.39, 0.29) is 5.76 Å². The van der Waals surface area contributed by atoms with Gasteiger partial charge in [0.1, 0.15) is 4.92 Å². The lowest BCUT2D eigenvalue weighted by molar-refractivity contribution is -0.458. The molecule has 0 aliphatic rings. The van der Waals surface area contributed by atoms with Crippen LogP contribution >= 0.6 is 0 Å². The van der Waals surface area contributed by atoms with Gasteiger partial charge in [-0.1, -0.05) is 12.2 Å². The molecule has 0 heterocycles. The quantitative estimate of drug-likeness (QED) is 0.258. The van der Waals surface area contributed by atoms with Gasteiger partial charge >= 0.3 is 5.88 Å². The fourth-order valence-corrected chi connectivity index (χ4v) is 0.923. The Balaban J connectivity index is 4.65. The first-order valence-electron chi connectivity index (χ1n) is 5.20. The summed E-state index contributed by atoms with van der Waals surface area (Å²) in [6.07, 6.45) is 6.57. The zero-order valence-electron chi connectivity index (χ0n) is 10.6. The highest BCUT2D eigenvalue weighted by atomic mass is 16.7. The van der Waals surface area contributed by atoms with E-state index in [1.807, 2.05) is 6.92 Å². The standard InChI is InChI=1S/C12H16N2O4/c1-5-7-8-9(3)13-12(15)11(6-2)18-10(4)14(16)17/h5-8H,4H2,1-3H3,(H,13,15)/b7-5-,9-8+,11-6-. The number of carbonyl (C=O) groups is 1. The maximum atomic E-state index is 11.7. The maximum Gasteiger partial charge on any atom is 0.426 e.